The van der Waals surface area contributed by atoms with E-state index in [0.717, 1.165) is 12.8 Å². The van der Waals surface area contributed by atoms with Crippen molar-refractivity contribution in [2.45, 2.75) is 122 Å². The van der Waals surface area contributed by atoms with Crippen LogP contribution in [0.3, 0.4) is 0 Å². The molecule has 0 aliphatic heterocycles. The van der Waals surface area contributed by atoms with Crippen LogP contribution in [0, 0.1) is 5.41 Å². The molecule has 0 rings (SSSR count). The zero-order chi connectivity index (χ0) is 30.4. The summed E-state index contributed by atoms with van der Waals surface area (Å²) in [6.07, 6.45) is 14.2. The minimum Gasteiger partial charge on any atom is -0.383 e. The molecular formula is C27H54N3O8PS. The zero-order valence-corrected chi connectivity index (χ0v) is 26.4. The van der Waals surface area contributed by atoms with Gasteiger partial charge >= 0.3 is 7.82 Å². The minimum absolute atomic E-state index is 0.0404. The molecule has 0 saturated carbocycles. The van der Waals surface area contributed by atoms with Crippen molar-refractivity contribution in [3.63, 3.8) is 0 Å². The third kappa shape index (κ3) is 21.6. The summed E-state index contributed by atoms with van der Waals surface area (Å²) in [4.78, 5) is 53.8. The monoisotopic (exact) mass is 611 g/mol. The van der Waals surface area contributed by atoms with Crippen molar-refractivity contribution in [2.75, 3.05) is 26.2 Å². The molecule has 13 heteroatoms. The second-order valence-electron chi connectivity index (χ2n) is 11.0. The summed E-state index contributed by atoms with van der Waals surface area (Å²) in [6.45, 7) is 4.99. The summed E-state index contributed by atoms with van der Waals surface area (Å²) in [5.41, 5.74) is -1.26. The first-order valence-corrected chi connectivity index (χ1v) is 16.7. The SMILES string of the molecule is CCCCCCCCCCCCCC[C@H](S)C(=O)NCCNC(=O)CCNC(=O)[C@H](O)C(C)(C)COP(=O)(O)O. The lowest BCUT2D eigenvalue weighted by Gasteiger charge is -2.29. The van der Waals surface area contributed by atoms with Crippen LogP contribution in [0.1, 0.15) is 111 Å². The molecule has 0 bridgehead atoms. The molecule has 0 aromatic heterocycles. The first-order valence-electron chi connectivity index (χ1n) is 14.7. The van der Waals surface area contributed by atoms with Gasteiger partial charge in [0, 0.05) is 31.5 Å². The Morgan fingerprint density at radius 3 is 1.80 bits per heavy atom. The van der Waals surface area contributed by atoms with Gasteiger partial charge in [-0.05, 0) is 6.42 Å². The van der Waals surface area contributed by atoms with Crippen LogP contribution in [0.5, 0.6) is 0 Å². The lowest BCUT2D eigenvalue weighted by Crippen LogP contribution is -2.46. The van der Waals surface area contributed by atoms with Crippen LogP contribution in [0.15, 0.2) is 0 Å². The van der Waals surface area contributed by atoms with Gasteiger partial charge in [0.05, 0.1) is 11.9 Å². The van der Waals surface area contributed by atoms with Crippen molar-refractivity contribution in [1.82, 2.24) is 16.0 Å². The molecule has 0 aromatic rings. The highest BCUT2D eigenvalue weighted by molar-refractivity contribution is 7.81. The number of phosphoric acid groups is 1. The number of carbonyl (C=O) groups is 3. The zero-order valence-electron chi connectivity index (χ0n) is 24.7. The Labute approximate surface area is 246 Å². The molecule has 3 amide bonds. The smallest absolute Gasteiger partial charge is 0.383 e. The fourth-order valence-electron chi connectivity index (χ4n) is 3.98. The van der Waals surface area contributed by atoms with Gasteiger partial charge in [0.1, 0.15) is 6.10 Å². The Balaban J connectivity index is 3.82. The molecule has 0 radical (unpaired) electrons. The number of hydrogen-bond acceptors (Lipinski definition) is 7. The number of nitrogens with one attached hydrogen (secondary N) is 3. The van der Waals surface area contributed by atoms with Gasteiger partial charge < -0.3 is 30.8 Å². The number of phosphoric ester groups is 1. The lowest BCUT2D eigenvalue weighted by atomic mass is 9.87. The summed E-state index contributed by atoms with van der Waals surface area (Å²) in [7, 11) is -4.73. The summed E-state index contributed by atoms with van der Waals surface area (Å²) in [5.74, 6) is -1.29. The van der Waals surface area contributed by atoms with Gasteiger partial charge in [0.2, 0.25) is 17.7 Å². The third-order valence-corrected chi connectivity index (χ3v) is 7.58. The standard InChI is InChI=1S/C27H54N3O8PS/c1-4-5-6-7-8-9-10-11-12-13-14-15-16-22(40)25(33)30-20-19-28-23(31)17-18-29-26(34)24(32)27(2,3)21-38-39(35,36)37/h22,24,32,40H,4-21H2,1-3H3,(H,28,31)(H,29,34)(H,30,33)(H2,35,36,37)/t22-,24-/m0/s1. The van der Waals surface area contributed by atoms with Crippen LogP contribution in [0.4, 0.5) is 0 Å². The van der Waals surface area contributed by atoms with Crippen molar-refractivity contribution >= 4 is 38.2 Å². The maximum absolute atomic E-state index is 12.2. The van der Waals surface area contributed by atoms with E-state index in [0.29, 0.717) is 6.42 Å². The highest BCUT2D eigenvalue weighted by Crippen LogP contribution is 2.38. The second kappa shape index (κ2) is 22.4. The third-order valence-electron chi connectivity index (χ3n) is 6.62. The average molecular weight is 612 g/mol. The Hall–Kier alpha value is -1.17. The quantitative estimate of drug-likeness (QED) is 0.0466. The van der Waals surface area contributed by atoms with E-state index in [1.54, 1.807) is 0 Å². The first-order chi connectivity index (χ1) is 18.8. The predicted molar refractivity (Wildman–Crippen MR) is 160 cm³/mol. The van der Waals surface area contributed by atoms with Crippen LogP contribution in [0.25, 0.3) is 0 Å². The molecule has 0 aliphatic rings. The number of unbranched alkanes of at least 4 members (excludes halogenated alkanes) is 11. The van der Waals surface area contributed by atoms with E-state index in [9.17, 15) is 24.1 Å². The van der Waals surface area contributed by atoms with Crippen molar-refractivity contribution in [1.29, 1.82) is 0 Å². The fourth-order valence-corrected chi connectivity index (χ4v) is 4.76. The van der Waals surface area contributed by atoms with Gasteiger partial charge in [0.15, 0.2) is 0 Å². The largest absolute Gasteiger partial charge is 0.469 e. The molecule has 0 aromatic carbocycles. The second-order valence-corrected chi connectivity index (χ2v) is 12.9. The van der Waals surface area contributed by atoms with E-state index in [1.165, 1.54) is 78.1 Å². The number of rotatable bonds is 25. The van der Waals surface area contributed by atoms with Crippen LogP contribution in [-0.4, -0.2) is 70.2 Å². The van der Waals surface area contributed by atoms with Crippen LogP contribution < -0.4 is 16.0 Å². The molecule has 6 N–H and O–H groups in total. The van der Waals surface area contributed by atoms with Gasteiger partial charge in [-0.2, -0.15) is 12.6 Å². The van der Waals surface area contributed by atoms with E-state index < -0.39 is 31.9 Å². The van der Waals surface area contributed by atoms with Gasteiger partial charge in [-0.15, -0.1) is 0 Å². The molecular weight excluding hydrogens is 557 g/mol. The molecule has 0 saturated heterocycles. The van der Waals surface area contributed by atoms with E-state index in [1.807, 2.05) is 0 Å². The highest BCUT2D eigenvalue weighted by atomic mass is 32.1. The topological polar surface area (TPSA) is 174 Å². The van der Waals surface area contributed by atoms with Crippen LogP contribution >= 0.6 is 20.5 Å². The van der Waals surface area contributed by atoms with Crippen molar-refractivity contribution < 1.29 is 38.4 Å². The van der Waals surface area contributed by atoms with Gasteiger partial charge in [-0.3, -0.25) is 18.9 Å². The minimum atomic E-state index is -4.73. The van der Waals surface area contributed by atoms with Crippen molar-refractivity contribution in [3.05, 3.63) is 0 Å². The summed E-state index contributed by atoms with van der Waals surface area (Å²) < 4.78 is 15.2. The van der Waals surface area contributed by atoms with Gasteiger partial charge in [-0.25, -0.2) is 4.57 Å². The summed E-state index contributed by atoms with van der Waals surface area (Å²) >= 11 is 4.40. The molecule has 236 valence electrons. The number of thiol groups is 1. The highest BCUT2D eigenvalue weighted by Gasteiger charge is 2.35. The number of aliphatic hydroxyl groups excluding tert-OH is 1. The van der Waals surface area contributed by atoms with Crippen LogP contribution in [-0.2, 0) is 23.5 Å². The molecule has 0 spiro atoms. The molecule has 40 heavy (non-hydrogen) atoms. The molecule has 0 heterocycles. The van der Waals surface area contributed by atoms with Crippen molar-refractivity contribution in [2.24, 2.45) is 5.41 Å². The Kier molecular flexibility index (Phi) is 21.8. The van der Waals surface area contributed by atoms with E-state index in [2.05, 4.69) is 40.0 Å². The molecule has 0 aliphatic carbocycles. The number of carbonyl (C=O) groups excluding carboxylic acids is 3. The van der Waals surface area contributed by atoms with Gasteiger partial charge in [0.25, 0.3) is 0 Å². The molecule has 0 fully saturated rings. The lowest BCUT2D eigenvalue weighted by molar-refractivity contribution is -0.137. The number of aliphatic hydroxyl groups is 1. The fraction of sp³-hybridized carbons (Fsp3) is 0.889. The molecule has 0 unspecified atom stereocenters. The number of amides is 3. The Morgan fingerprint density at radius 1 is 0.800 bits per heavy atom. The van der Waals surface area contributed by atoms with E-state index in [4.69, 9.17) is 9.79 Å². The maximum Gasteiger partial charge on any atom is 0.469 e. The van der Waals surface area contributed by atoms with E-state index >= 15 is 0 Å². The predicted octanol–water partition coefficient (Wildman–Crippen LogP) is 3.61. The van der Waals surface area contributed by atoms with E-state index in [-0.39, 0.29) is 43.1 Å². The molecule has 2 atom stereocenters. The normalized spacial score (nSPS) is 13.5. The van der Waals surface area contributed by atoms with Gasteiger partial charge in [-0.1, -0.05) is 97.8 Å². The molecule has 11 nitrogen and oxygen atoms in total. The number of hydrogen-bond donors (Lipinski definition) is 7. The Morgan fingerprint density at radius 2 is 1.27 bits per heavy atom. The summed E-state index contributed by atoms with van der Waals surface area (Å²) in [6, 6.07) is 0. The van der Waals surface area contributed by atoms with Crippen molar-refractivity contribution in [3.8, 4) is 0 Å². The average Bonchev–Trinajstić information content (AvgIpc) is 2.89. The maximum atomic E-state index is 12.2. The van der Waals surface area contributed by atoms with Crippen LogP contribution in [0.2, 0.25) is 0 Å². The Bertz CT molecular complexity index is 766. The summed E-state index contributed by atoms with van der Waals surface area (Å²) in [5, 5.41) is 17.6. The first kappa shape index (κ1) is 38.8.